The number of H-pyrrole nitrogens is 1. The molecule has 160 valence electrons. The van der Waals surface area contributed by atoms with Gasteiger partial charge in [0.1, 0.15) is 6.04 Å². The highest BCUT2D eigenvalue weighted by atomic mass is 16.7. The maximum Gasteiger partial charge on any atom is 0.357 e. The van der Waals surface area contributed by atoms with Crippen LogP contribution in [-0.2, 0) is 22.5 Å². The van der Waals surface area contributed by atoms with Gasteiger partial charge in [-0.25, -0.2) is 4.79 Å². The van der Waals surface area contributed by atoms with Crippen molar-refractivity contribution < 1.29 is 14.4 Å². The van der Waals surface area contributed by atoms with E-state index in [0.717, 1.165) is 22.0 Å². The van der Waals surface area contributed by atoms with Gasteiger partial charge in [-0.2, -0.15) is 0 Å². The molecule has 0 fully saturated rings. The number of benzene rings is 3. The number of para-hydroxylation sites is 1. The molecule has 0 saturated heterocycles. The molecule has 0 aliphatic rings. The summed E-state index contributed by atoms with van der Waals surface area (Å²) in [5, 5.41) is 7.72. The van der Waals surface area contributed by atoms with Gasteiger partial charge in [0, 0.05) is 41.7 Å². The first kappa shape index (κ1) is 21.1. The second-order valence-corrected chi connectivity index (χ2v) is 7.34. The summed E-state index contributed by atoms with van der Waals surface area (Å²) in [6.07, 6.45) is 4.27. The van der Waals surface area contributed by atoms with Crippen molar-refractivity contribution in [3.05, 3.63) is 108 Å². The summed E-state index contributed by atoms with van der Waals surface area (Å²) in [4.78, 5) is 33.7. The molecule has 0 aliphatic carbocycles. The van der Waals surface area contributed by atoms with Crippen molar-refractivity contribution in [2.75, 3.05) is 0 Å². The lowest BCUT2D eigenvalue weighted by molar-refractivity contribution is -0.145. The van der Waals surface area contributed by atoms with Gasteiger partial charge in [-0.3, -0.25) is 4.79 Å². The molecule has 2 N–H and O–H groups in total. The highest BCUT2D eigenvalue weighted by Crippen LogP contribution is 2.17. The second-order valence-electron chi connectivity index (χ2n) is 7.34. The molecule has 0 saturated carbocycles. The first-order valence-electron chi connectivity index (χ1n) is 10.4. The zero-order valence-corrected chi connectivity index (χ0v) is 17.4. The molecule has 6 nitrogen and oxygen atoms in total. The molecule has 1 amide bonds. The van der Waals surface area contributed by atoms with Crippen LogP contribution in [0.25, 0.3) is 10.9 Å². The number of hydrogen-bond acceptors (Lipinski definition) is 4. The lowest BCUT2D eigenvalue weighted by atomic mass is 10.1. The van der Waals surface area contributed by atoms with Crippen molar-refractivity contribution in [2.24, 2.45) is 5.16 Å². The Bertz CT molecular complexity index is 1220. The summed E-state index contributed by atoms with van der Waals surface area (Å²) in [5.74, 6) is -0.959. The molecule has 32 heavy (non-hydrogen) atoms. The number of aromatic amines is 1. The Morgan fingerprint density at radius 1 is 0.938 bits per heavy atom. The van der Waals surface area contributed by atoms with E-state index in [1.54, 1.807) is 30.5 Å². The van der Waals surface area contributed by atoms with Gasteiger partial charge in [0.25, 0.3) is 5.91 Å². The number of carbonyl (C=O) groups is 2. The molecule has 1 aromatic heterocycles. The number of nitrogens with zero attached hydrogens (tertiary/aromatic N) is 1. The third-order valence-electron chi connectivity index (χ3n) is 5.11. The fourth-order valence-corrected chi connectivity index (χ4v) is 3.46. The van der Waals surface area contributed by atoms with Crippen LogP contribution >= 0.6 is 0 Å². The molecular formula is C26H23N3O3. The summed E-state index contributed by atoms with van der Waals surface area (Å²) < 4.78 is 0. The quantitative estimate of drug-likeness (QED) is 0.251. The van der Waals surface area contributed by atoms with Gasteiger partial charge >= 0.3 is 5.97 Å². The van der Waals surface area contributed by atoms with Gasteiger partial charge in [-0.05, 0) is 29.3 Å². The summed E-state index contributed by atoms with van der Waals surface area (Å²) >= 11 is 0. The van der Waals surface area contributed by atoms with Gasteiger partial charge in [-0.1, -0.05) is 71.9 Å². The standard InChI is InChI=1S/C26H23N3O3/c30-25(20-11-5-2-6-12-20)29-24(17-19-9-3-1-4-10-19)26(31)32-28-16-15-21-18-27-23-14-8-7-13-22(21)23/h1-14,16,18,24,27H,15,17H2,(H,29,30)/b28-16+/t24-/m0/s1. The number of nitrogens with one attached hydrogen (secondary N) is 2. The van der Waals surface area contributed by atoms with Gasteiger partial charge < -0.3 is 15.1 Å². The van der Waals surface area contributed by atoms with Crippen LogP contribution < -0.4 is 5.32 Å². The molecule has 0 radical (unpaired) electrons. The zero-order chi connectivity index (χ0) is 22.2. The lowest BCUT2D eigenvalue weighted by Crippen LogP contribution is -2.43. The molecular weight excluding hydrogens is 402 g/mol. The average Bonchev–Trinajstić information content (AvgIpc) is 3.25. The highest BCUT2D eigenvalue weighted by molar-refractivity contribution is 5.96. The Morgan fingerprint density at radius 2 is 1.62 bits per heavy atom. The fraction of sp³-hybridized carbons (Fsp3) is 0.115. The third kappa shape index (κ3) is 5.29. The molecule has 0 aliphatic heterocycles. The van der Waals surface area contributed by atoms with E-state index in [1.165, 1.54) is 0 Å². The molecule has 1 atom stereocenters. The molecule has 1 heterocycles. The first-order valence-corrected chi connectivity index (χ1v) is 10.4. The normalized spacial score (nSPS) is 12.0. The van der Waals surface area contributed by atoms with E-state index >= 15 is 0 Å². The van der Waals surface area contributed by atoms with E-state index in [0.29, 0.717) is 18.4 Å². The van der Waals surface area contributed by atoms with E-state index in [2.05, 4.69) is 15.5 Å². The topological polar surface area (TPSA) is 83.6 Å². The minimum atomic E-state index is -0.865. The Labute approximate surface area is 185 Å². The summed E-state index contributed by atoms with van der Waals surface area (Å²) in [5.41, 5.74) is 3.48. The summed E-state index contributed by atoms with van der Waals surface area (Å²) in [6, 6.07) is 25.3. The molecule has 0 bridgehead atoms. The van der Waals surface area contributed by atoms with Crippen LogP contribution in [0.3, 0.4) is 0 Å². The van der Waals surface area contributed by atoms with Crippen molar-refractivity contribution in [3.8, 4) is 0 Å². The smallest absolute Gasteiger partial charge is 0.357 e. The van der Waals surface area contributed by atoms with Crippen LogP contribution in [0.1, 0.15) is 21.5 Å². The minimum Gasteiger partial charge on any atom is -0.361 e. The van der Waals surface area contributed by atoms with Crippen LogP contribution in [0.5, 0.6) is 0 Å². The number of carbonyl (C=O) groups excluding carboxylic acids is 2. The number of fused-ring (bicyclic) bond motifs is 1. The molecule has 6 heteroatoms. The molecule has 0 spiro atoms. The first-order chi connectivity index (χ1) is 15.7. The number of oxime groups is 1. The van der Waals surface area contributed by atoms with E-state index in [9.17, 15) is 9.59 Å². The predicted molar refractivity (Wildman–Crippen MR) is 124 cm³/mol. The van der Waals surface area contributed by atoms with Crippen molar-refractivity contribution >= 4 is 29.0 Å². The Kier molecular flexibility index (Phi) is 6.72. The average molecular weight is 425 g/mol. The van der Waals surface area contributed by atoms with Crippen LogP contribution in [-0.4, -0.2) is 29.1 Å². The van der Waals surface area contributed by atoms with Crippen LogP contribution in [0.2, 0.25) is 0 Å². The van der Waals surface area contributed by atoms with E-state index in [-0.39, 0.29) is 5.91 Å². The van der Waals surface area contributed by atoms with Crippen molar-refractivity contribution in [1.29, 1.82) is 0 Å². The molecule has 4 aromatic rings. The summed E-state index contributed by atoms with van der Waals surface area (Å²) in [6.45, 7) is 0. The van der Waals surface area contributed by atoms with Gasteiger partial charge in [0.2, 0.25) is 0 Å². The monoisotopic (exact) mass is 425 g/mol. The van der Waals surface area contributed by atoms with Gasteiger partial charge in [0.15, 0.2) is 0 Å². The van der Waals surface area contributed by atoms with Gasteiger partial charge in [-0.15, -0.1) is 0 Å². The Balaban J connectivity index is 1.41. The minimum absolute atomic E-state index is 0.302. The van der Waals surface area contributed by atoms with Crippen LogP contribution in [0, 0.1) is 0 Å². The number of aromatic nitrogens is 1. The largest absolute Gasteiger partial charge is 0.361 e. The van der Waals surface area contributed by atoms with Crippen LogP contribution in [0.4, 0.5) is 0 Å². The molecule has 0 unspecified atom stereocenters. The SMILES string of the molecule is O=C(N[C@@H](Cc1ccccc1)C(=O)O/N=C/Cc1c[nH]c2ccccc12)c1ccccc1. The Morgan fingerprint density at radius 3 is 2.41 bits per heavy atom. The molecule has 4 rings (SSSR count). The lowest BCUT2D eigenvalue weighted by Gasteiger charge is -2.16. The fourth-order valence-electron chi connectivity index (χ4n) is 3.46. The second kappa shape index (κ2) is 10.2. The van der Waals surface area contributed by atoms with E-state index in [4.69, 9.17) is 4.84 Å². The Hall–Kier alpha value is -4.19. The maximum atomic E-state index is 12.7. The van der Waals surface area contributed by atoms with Crippen LogP contribution in [0.15, 0.2) is 96.3 Å². The number of amides is 1. The predicted octanol–water partition coefficient (Wildman–Crippen LogP) is 4.28. The van der Waals surface area contributed by atoms with Gasteiger partial charge in [0.05, 0.1) is 0 Å². The maximum absolute atomic E-state index is 12.7. The number of rotatable bonds is 8. The van der Waals surface area contributed by atoms with Crippen molar-refractivity contribution in [1.82, 2.24) is 10.3 Å². The van der Waals surface area contributed by atoms with Crippen molar-refractivity contribution in [2.45, 2.75) is 18.9 Å². The highest BCUT2D eigenvalue weighted by Gasteiger charge is 2.24. The third-order valence-corrected chi connectivity index (χ3v) is 5.11. The zero-order valence-electron chi connectivity index (χ0n) is 17.4. The number of hydrogen-bond donors (Lipinski definition) is 2. The van der Waals surface area contributed by atoms with Crippen molar-refractivity contribution in [3.63, 3.8) is 0 Å². The summed E-state index contributed by atoms with van der Waals surface area (Å²) in [7, 11) is 0. The van der Waals surface area contributed by atoms with E-state index < -0.39 is 12.0 Å². The van der Waals surface area contributed by atoms with E-state index in [1.807, 2.05) is 66.9 Å². The molecule has 3 aromatic carbocycles.